The molecule has 1 N–H and O–H groups in total. The number of imide groups is 1. The van der Waals surface area contributed by atoms with Gasteiger partial charge in [0.2, 0.25) is 5.91 Å². The monoisotopic (exact) mass is 406 g/mol. The molecule has 1 fully saturated rings. The van der Waals surface area contributed by atoms with Gasteiger partial charge in [-0.3, -0.25) is 19.3 Å². The highest BCUT2D eigenvalue weighted by molar-refractivity contribution is 8.18. The van der Waals surface area contributed by atoms with Gasteiger partial charge in [0.1, 0.15) is 6.54 Å². The van der Waals surface area contributed by atoms with Crippen molar-refractivity contribution < 1.29 is 23.9 Å². The number of benzene rings is 1. The van der Waals surface area contributed by atoms with Crippen molar-refractivity contribution in [1.29, 1.82) is 0 Å². The number of nitrogens with one attached hydrogen (secondary N) is 1. The maximum absolute atomic E-state index is 12.5. The molecule has 1 aliphatic heterocycles. The van der Waals surface area contributed by atoms with Crippen LogP contribution in [0, 0.1) is 0 Å². The summed E-state index contributed by atoms with van der Waals surface area (Å²) >= 11 is 0.827. The zero-order valence-corrected chi connectivity index (χ0v) is 17.3. The summed E-state index contributed by atoms with van der Waals surface area (Å²) in [5.41, 5.74) is 0.713. The van der Waals surface area contributed by atoms with E-state index in [1.165, 1.54) is 0 Å². The Labute approximate surface area is 169 Å². The van der Waals surface area contributed by atoms with E-state index in [4.69, 9.17) is 9.47 Å². The molecule has 0 bridgehead atoms. The Bertz CT molecular complexity index is 763. The molecule has 7 nitrogen and oxygen atoms in total. The molecule has 8 heteroatoms. The Hall–Kier alpha value is -2.48. The number of ether oxygens (including phenoxy) is 2. The molecule has 1 aliphatic rings. The number of thioether (sulfide) groups is 1. The maximum Gasteiger partial charge on any atom is 0.294 e. The molecule has 1 heterocycles. The van der Waals surface area contributed by atoms with Crippen LogP contribution in [0.25, 0.3) is 6.08 Å². The van der Waals surface area contributed by atoms with E-state index >= 15 is 0 Å². The summed E-state index contributed by atoms with van der Waals surface area (Å²) in [6.07, 6.45) is 3.43. The van der Waals surface area contributed by atoms with Crippen LogP contribution < -0.4 is 14.8 Å². The molecule has 3 amide bonds. The van der Waals surface area contributed by atoms with Crippen molar-refractivity contribution in [2.24, 2.45) is 0 Å². The van der Waals surface area contributed by atoms with Crippen LogP contribution in [0.1, 0.15) is 39.2 Å². The van der Waals surface area contributed by atoms with Crippen LogP contribution in [0.15, 0.2) is 23.1 Å². The Morgan fingerprint density at radius 3 is 2.54 bits per heavy atom. The lowest BCUT2D eigenvalue weighted by atomic mass is 10.2. The van der Waals surface area contributed by atoms with Crippen LogP contribution in [0.4, 0.5) is 4.79 Å². The summed E-state index contributed by atoms with van der Waals surface area (Å²) in [5.74, 6) is 0.398. The number of hydrogen-bond donors (Lipinski definition) is 1. The minimum absolute atomic E-state index is 0.265. The number of amides is 3. The van der Waals surface area contributed by atoms with E-state index in [1.54, 1.807) is 24.3 Å². The molecule has 0 saturated carbocycles. The first-order valence-corrected chi connectivity index (χ1v) is 10.2. The molecule has 1 saturated heterocycles. The highest BCUT2D eigenvalue weighted by Crippen LogP contribution is 2.34. The average Bonchev–Trinajstić information content (AvgIpc) is 2.92. The summed E-state index contributed by atoms with van der Waals surface area (Å²) in [6.45, 7) is 7.04. The molecule has 2 rings (SSSR count). The van der Waals surface area contributed by atoms with Crippen molar-refractivity contribution in [3.8, 4) is 11.5 Å². The van der Waals surface area contributed by atoms with E-state index in [1.807, 2.05) is 20.8 Å². The maximum atomic E-state index is 12.5. The van der Waals surface area contributed by atoms with Gasteiger partial charge in [0.25, 0.3) is 11.1 Å². The van der Waals surface area contributed by atoms with E-state index in [9.17, 15) is 14.4 Å². The van der Waals surface area contributed by atoms with Crippen LogP contribution in [0.2, 0.25) is 0 Å². The fourth-order valence-electron chi connectivity index (χ4n) is 2.55. The van der Waals surface area contributed by atoms with Gasteiger partial charge in [0.15, 0.2) is 11.5 Å². The Morgan fingerprint density at radius 2 is 1.86 bits per heavy atom. The molecule has 28 heavy (non-hydrogen) atoms. The second-order valence-corrected chi connectivity index (χ2v) is 7.04. The van der Waals surface area contributed by atoms with Gasteiger partial charge in [-0.15, -0.1) is 0 Å². The Morgan fingerprint density at radius 1 is 1.14 bits per heavy atom. The number of carbonyl (C=O) groups is 3. The molecule has 1 aromatic rings. The van der Waals surface area contributed by atoms with Gasteiger partial charge in [-0.2, -0.15) is 0 Å². The van der Waals surface area contributed by atoms with Crippen molar-refractivity contribution in [3.63, 3.8) is 0 Å². The van der Waals surface area contributed by atoms with E-state index in [0.29, 0.717) is 36.8 Å². The number of hydrogen-bond acceptors (Lipinski definition) is 6. The van der Waals surface area contributed by atoms with E-state index < -0.39 is 11.1 Å². The minimum atomic E-state index is -0.465. The van der Waals surface area contributed by atoms with Crippen molar-refractivity contribution in [1.82, 2.24) is 10.2 Å². The lowest BCUT2D eigenvalue weighted by Gasteiger charge is -2.12. The first-order chi connectivity index (χ1) is 13.5. The van der Waals surface area contributed by atoms with Crippen LogP contribution in [-0.2, 0) is 9.59 Å². The minimum Gasteiger partial charge on any atom is -0.490 e. The van der Waals surface area contributed by atoms with Crippen LogP contribution in [0.3, 0.4) is 0 Å². The number of carbonyl (C=O) groups excluding carboxylic acids is 3. The zero-order chi connectivity index (χ0) is 20.5. The van der Waals surface area contributed by atoms with Gasteiger partial charge < -0.3 is 14.8 Å². The summed E-state index contributed by atoms with van der Waals surface area (Å²) in [4.78, 5) is 37.9. The quantitative estimate of drug-likeness (QED) is 0.473. The standard InChI is InChI=1S/C20H26N2O5S/c1-4-7-10-21-18(23)13-22-19(24)17(28-20(22)25)12-14-8-9-15(26-5-2)16(11-14)27-6-3/h8-9,11-12H,4-7,10,13H2,1-3H3,(H,21,23)/b17-12-. The van der Waals surface area contributed by atoms with Gasteiger partial charge in [0.05, 0.1) is 18.1 Å². The topological polar surface area (TPSA) is 84.9 Å². The zero-order valence-electron chi connectivity index (χ0n) is 16.4. The van der Waals surface area contributed by atoms with Crippen LogP contribution in [-0.4, -0.2) is 48.3 Å². The van der Waals surface area contributed by atoms with Crippen molar-refractivity contribution in [2.75, 3.05) is 26.3 Å². The molecule has 152 valence electrons. The predicted octanol–water partition coefficient (Wildman–Crippen LogP) is 3.44. The number of unbranched alkanes of at least 4 members (excludes halogenated alkanes) is 1. The molecule has 0 atom stereocenters. The number of rotatable bonds is 10. The molecule has 0 aromatic heterocycles. The molecule has 0 spiro atoms. The summed E-state index contributed by atoms with van der Waals surface area (Å²) < 4.78 is 11.1. The highest BCUT2D eigenvalue weighted by Gasteiger charge is 2.36. The second-order valence-electron chi connectivity index (χ2n) is 6.04. The van der Waals surface area contributed by atoms with Crippen molar-refractivity contribution >= 4 is 34.9 Å². The first-order valence-electron chi connectivity index (χ1n) is 9.41. The van der Waals surface area contributed by atoms with Gasteiger partial charge in [-0.05, 0) is 55.8 Å². The summed E-state index contributed by atoms with van der Waals surface area (Å²) in [7, 11) is 0. The molecule has 0 aliphatic carbocycles. The normalized spacial score (nSPS) is 15.2. The van der Waals surface area contributed by atoms with E-state index in [-0.39, 0.29) is 17.4 Å². The molecular formula is C20H26N2O5S. The van der Waals surface area contributed by atoms with Crippen molar-refractivity contribution in [3.05, 3.63) is 28.7 Å². The van der Waals surface area contributed by atoms with Crippen LogP contribution >= 0.6 is 11.8 Å². The third kappa shape index (κ3) is 5.76. The largest absolute Gasteiger partial charge is 0.490 e. The lowest BCUT2D eigenvalue weighted by Crippen LogP contribution is -2.39. The summed E-state index contributed by atoms with van der Waals surface area (Å²) in [5, 5.41) is 2.27. The Kier molecular flexibility index (Phi) is 8.38. The Balaban J connectivity index is 2.12. The fourth-order valence-corrected chi connectivity index (χ4v) is 3.39. The molecular weight excluding hydrogens is 380 g/mol. The lowest BCUT2D eigenvalue weighted by molar-refractivity contribution is -0.129. The first kappa shape index (κ1) is 21.8. The molecule has 0 radical (unpaired) electrons. The third-order valence-electron chi connectivity index (χ3n) is 3.89. The van der Waals surface area contributed by atoms with Crippen LogP contribution in [0.5, 0.6) is 11.5 Å². The van der Waals surface area contributed by atoms with E-state index in [2.05, 4.69) is 5.32 Å². The predicted molar refractivity (Wildman–Crippen MR) is 109 cm³/mol. The van der Waals surface area contributed by atoms with Gasteiger partial charge in [-0.25, -0.2) is 0 Å². The van der Waals surface area contributed by atoms with Crippen molar-refractivity contribution in [2.45, 2.75) is 33.6 Å². The summed E-state index contributed by atoms with van der Waals surface area (Å²) in [6, 6.07) is 5.32. The van der Waals surface area contributed by atoms with E-state index in [0.717, 1.165) is 29.5 Å². The SMILES string of the molecule is CCCCNC(=O)CN1C(=O)S/C(=C\c2ccc(OCC)c(OCC)c2)C1=O. The van der Waals surface area contributed by atoms with Gasteiger partial charge in [0, 0.05) is 6.54 Å². The second kappa shape index (κ2) is 10.8. The van der Waals surface area contributed by atoms with Gasteiger partial charge >= 0.3 is 0 Å². The molecule has 1 aromatic carbocycles. The highest BCUT2D eigenvalue weighted by atomic mass is 32.2. The average molecular weight is 407 g/mol. The molecule has 0 unspecified atom stereocenters. The third-order valence-corrected chi connectivity index (χ3v) is 4.80. The number of nitrogens with zero attached hydrogens (tertiary/aromatic N) is 1. The smallest absolute Gasteiger partial charge is 0.294 e. The van der Waals surface area contributed by atoms with Gasteiger partial charge in [-0.1, -0.05) is 19.4 Å². The fraction of sp³-hybridized carbons (Fsp3) is 0.450.